The molecular weight excluding hydrogens is 154 g/mol. The minimum atomic E-state index is -1.09. The first-order valence-corrected chi connectivity index (χ1v) is 2.77. The van der Waals surface area contributed by atoms with Gasteiger partial charge < -0.3 is 9.94 Å². The summed E-state index contributed by atoms with van der Waals surface area (Å²) in [5.74, 6) is -1.87. The van der Waals surface area contributed by atoms with Crippen LogP contribution >= 0.6 is 0 Å². The topological polar surface area (TPSA) is 92.7 Å². The molecule has 0 aliphatic carbocycles. The van der Waals surface area contributed by atoms with Gasteiger partial charge in [0.15, 0.2) is 0 Å². The summed E-state index contributed by atoms with van der Waals surface area (Å²) < 4.78 is 0. The second-order valence-corrected chi connectivity index (χ2v) is 1.60. The van der Waals surface area contributed by atoms with Crippen molar-refractivity contribution in [3.8, 4) is 0 Å². The molecule has 0 spiro atoms. The van der Waals surface area contributed by atoms with E-state index >= 15 is 0 Å². The van der Waals surface area contributed by atoms with Crippen molar-refractivity contribution < 1.29 is 24.3 Å². The Kier molecular flexibility index (Phi) is 4.46. The fraction of sp³-hybridized carbons (Fsp3) is 0.400. The lowest BCUT2D eigenvalue weighted by molar-refractivity contribution is -0.156. The standard InChI is InChI=1S/C5H7NO5/c7-3-6-11-5(10)2-1-4(8)9/h3H,1-2H2,(H,6,7)(H,8,9). The lowest BCUT2D eigenvalue weighted by Crippen LogP contribution is -2.18. The summed E-state index contributed by atoms with van der Waals surface area (Å²) in [7, 11) is 0. The number of carbonyl (C=O) groups is 3. The molecule has 0 saturated carbocycles. The first kappa shape index (κ1) is 9.41. The smallest absolute Gasteiger partial charge is 0.332 e. The molecule has 0 unspecified atom stereocenters. The number of nitrogens with one attached hydrogen (secondary N) is 1. The van der Waals surface area contributed by atoms with Crippen molar-refractivity contribution in [3.63, 3.8) is 0 Å². The van der Waals surface area contributed by atoms with Crippen LogP contribution in [0.25, 0.3) is 0 Å². The molecule has 0 rings (SSSR count). The highest BCUT2D eigenvalue weighted by molar-refractivity contribution is 5.76. The van der Waals surface area contributed by atoms with Crippen molar-refractivity contribution in [3.05, 3.63) is 0 Å². The molecule has 0 bridgehead atoms. The van der Waals surface area contributed by atoms with E-state index in [0.717, 1.165) is 0 Å². The summed E-state index contributed by atoms with van der Waals surface area (Å²) in [6.45, 7) is 0. The van der Waals surface area contributed by atoms with Crippen LogP contribution in [0.1, 0.15) is 12.8 Å². The zero-order valence-electron chi connectivity index (χ0n) is 5.57. The van der Waals surface area contributed by atoms with Gasteiger partial charge in [0, 0.05) is 0 Å². The van der Waals surface area contributed by atoms with Gasteiger partial charge in [0.1, 0.15) is 0 Å². The molecule has 0 atom stereocenters. The van der Waals surface area contributed by atoms with Gasteiger partial charge in [0.25, 0.3) is 0 Å². The predicted octanol–water partition coefficient (Wildman–Crippen LogP) is -0.945. The molecule has 62 valence electrons. The number of amides is 1. The van der Waals surface area contributed by atoms with Crippen molar-refractivity contribution in [2.75, 3.05) is 0 Å². The maximum absolute atomic E-state index is 10.4. The maximum Gasteiger partial charge on any atom is 0.332 e. The third-order valence-electron chi connectivity index (χ3n) is 0.764. The minimum Gasteiger partial charge on any atom is -0.481 e. The van der Waals surface area contributed by atoms with E-state index < -0.39 is 11.9 Å². The third-order valence-corrected chi connectivity index (χ3v) is 0.764. The van der Waals surface area contributed by atoms with E-state index in [1.807, 2.05) is 0 Å². The number of hydroxylamine groups is 1. The average molecular weight is 161 g/mol. The summed E-state index contributed by atoms with van der Waals surface area (Å²) in [5, 5.41) is 8.09. The Morgan fingerprint density at radius 1 is 1.45 bits per heavy atom. The summed E-state index contributed by atoms with van der Waals surface area (Å²) in [6, 6.07) is 0. The summed E-state index contributed by atoms with van der Waals surface area (Å²) in [4.78, 5) is 33.8. The van der Waals surface area contributed by atoms with E-state index in [2.05, 4.69) is 4.84 Å². The van der Waals surface area contributed by atoms with Crippen LogP contribution in [0, 0.1) is 0 Å². The fourth-order valence-corrected chi connectivity index (χ4v) is 0.350. The molecule has 0 saturated heterocycles. The van der Waals surface area contributed by atoms with Crippen molar-refractivity contribution in [2.45, 2.75) is 12.8 Å². The van der Waals surface area contributed by atoms with E-state index in [4.69, 9.17) is 5.11 Å². The zero-order chi connectivity index (χ0) is 8.69. The van der Waals surface area contributed by atoms with Gasteiger partial charge in [-0.15, -0.1) is 0 Å². The van der Waals surface area contributed by atoms with Crippen LogP contribution in [0.4, 0.5) is 0 Å². The van der Waals surface area contributed by atoms with Crippen LogP contribution in [0.2, 0.25) is 0 Å². The van der Waals surface area contributed by atoms with Gasteiger partial charge in [0.05, 0.1) is 12.8 Å². The highest BCUT2D eigenvalue weighted by Crippen LogP contribution is 1.89. The Morgan fingerprint density at radius 2 is 2.09 bits per heavy atom. The molecule has 0 aliphatic heterocycles. The molecule has 0 aliphatic rings. The van der Waals surface area contributed by atoms with Gasteiger partial charge in [-0.1, -0.05) is 0 Å². The second-order valence-electron chi connectivity index (χ2n) is 1.60. The first-order valence-electron chi connectivity index (χ1n) is 2.77. The molecule has 0 aromatic carbocycles. The minimum absolute atomic E-state index is 0.179. The largest absolute Gasteiger partial charge is 0.481 e. The number of carboxylic acids is 1. The van der Waals surface area contributed by atoms with E-state index in [0.29, 0.717) is 0 Å². The lowest BCUT2D eigenvalue weighted by Gasteiger charge is -1.97. The van der Waals surface area contributed by atoms with Gasteiger partial charge in [-0.25, -0.2) is 4.79 Å². The molecular formula is C5H7NO5. The van der Waals surface area contributed by atoms with Gasteiger partial charge in [-0.2, -0.15) is 5.48 Å². The van der Waals surface area contributed by atoms with Crippen molar-refractivity contribution in [2.24, 2.45) is 0 Å². The van der Waals surface area contributed by atoms with E-state index in [-0.39, 0.29) is 19.3 Å². The second kappa shape index (κ2) is 5.21. The summed E-state index contributed by atoms with van der Waals surface area (Å²) >= 11 is 0. The van der Waals surface area contributed by atoms with Crippen LogP contribution in [0.5, 0.6) is 0 Å². The van der Waals surface area contributed by atoms with Crippen LogP contribution in [0.3, 0.4) is 0 Å². The number of hydrogen-bond donors (Lipinski definition) is 2. The van der Waals surface area contributed by atoms with Crippen LogP contribution in [-0.2, 0) is 19.2 Å². The maximum atomic E-state index is 10.4. The van der Waals surface area contributed by atoms with Crippen molar-refractivity contribution in [1.82, 2.24) is 5.48 Å². The van der Waals surface area contributed by atoms with Gasteiger partial charge in [-0.05, 0) is 0 Å². The Labute approximate surface area is 62.1 Å². The molecule has 2 N–H and O–H groups in total. The molecule has 1 amide bonds. The Balaban J connectivity index is 3.37. The van der Waals surface area contributed by atoms with E-state index in [1.165, 1.54) is 0 Å². The summed E-state index contributed by atoms with van der Waals surface area (Å²) in [6.07, 6.45) is -0.381. The SMILES string of the molecule is O=CNOC(=O)CCC(=O)O. The normalized spacial score (nSPS) is 8.36. The van der Waals surface area contributed by atoms with Crippen molar-refractivity contribution >= 4 is 18.3 Å². The number of aliphatic carboxylic acids is 1. The van der Waals surface area contributed by atoms with Crippen LogP contribution < -0.4 is 5.48 Å². The molecule has 6 nitrogen and oxygen atoms in total. The first-order chi connectivity index (χ1) is 5.16. The Bertz CT molecular complexity index is 166. The van der Waals surface area contributed by atoms with Gasteiger partial charge >= 0.3 is 11.9 Å². The average Bonchev–Trinajstić information content (AvgIpc) is 1.97. The number of carbonyl (C=O) groups excluding carboxylic acids is 2. The molecule has 0 heterocycles. The zero-order valence-corrected chi connectivity index (χ0v) is 5.57. The molecule has 11 heavy (non-hydrogen) atoms. The molecule has 0 aromatic heterocycles. The number of hydrogen-bond acceptors (Lipinski definition) is 4. The van der Waals surface area contributed by atoms with E-state index in [9.17, 15) is 14.4 Å². The number of rotatable bonds is 5. The van der Waals surface area contributed by atoms with Gasteiger partial charge in [-0.3, -0.25) is 9.59 Å². The highest BCUT2D eigenvalue weighted by atomic mass is 16.7. The van der Waals surface area contributed by atoms with Crippen LogP contribution in [0.15, 0.2) is 0 Å². The lowest BCUT2D eigenvalue weighted by atomic mass is 10.3. The quantitative estimate of drug-likeness (QED) is 0.400. The Hall–Kier alpha value is -1.59. The van der Waals surface area contributed by atoms with Crippen molar-refractivity contribution in [1.29, 1.82) is 0 Å². The molecule has 0 fully saturated rings. The molecule has 0 radical (unpaired) electrons. The Morgan fingerprint density at radius 3 is 2.55 bits per heavy atom. The monoisotopic (exact) mass is 161 g/mol. The molecule has 0 aromatic rings. The number of carboxylic acid groups (broad SMARTS) is 1. The van der Waals surface area contributed by atoms with E-state index in [1.54, 1.807) is 5.48 Å². The predicted molar refractivity (Wildman–Crippen MR) is 32.2 cm³/mol. The molecule has 6 heteroatoms. The summed E-state index contributed by atoms with van der Waals surface area (Å²) in [5.41, 5.74) is 1.65. The third kappa shape index (κ3) is 6.29. The van der Waals surface area contributed by atoms with Crippen LogP contribution in [-0.4, -0.2) is 23.5 Å². The van der Waals surface area contributed by atoms with Gasteiger partial charge in [0.2, 0.25) is 6.41 Å². The highest BCUT2D eigenvalue weighted by Gasteiger charge is 2.05. The fourth-order valence-electron chi connectivity index (χ4n) is 0.350.